The molecule has 2 rings (SSSR count). The van der Waals surface area contributed by atoms with Crippen LogP contribution in [-0.2, 0) is 6.42 Å². The molecule has 0 bridgehead atoms. The van der Waals surface area contributed by atoms with Crippen molar-refractivity contribution in [2.45, 2.75) is 44.4 Å². The highest BCUT2D eigenvalue weighted by Gasteiger charge is 2.24. The first-order chi connectivity index (χ1) is 8.20. The van der Waals surface area contributed by atoms with Crippen LogP contribution < -0.4 is 5.32 Å². The van der Waals surface area contributed by atoms with Crippen LogP contribution in [0.25, 0.3) is 0 Å². The molecular formula is C12H21N3OS. The number of hydrogen-bond acceptors (Lipinski definition) is 5. The van der Waals surface area contributed by atoms with Crippen LogP contribution in [0.5, 0.6) is 0 Å². The number of nitrogens with zero attached hydrogens (tertiary/aromatic N) is 2. The van der Waals surface area contributed by atoms with Gasteiger partial charge in [0.05, 0.1) is 5.25 Å². The summed E-state index contributed by atoms with van der Waals surface area (Å²) < 4.78 is 5.35. The zero-order valence-electron chi connectivity index (χ0n) is 10.8. The van der Waals surface area contributed by atoms with Gasteiger partial charge in [-0.25, -0.2) is 0 Å². The van der Waals surface area contributed by atoms with Gasteiger partial charge in [0, 0.05) is 12.5 Å². The SMILES string of the molecule is CNC(Cc1nc(C2CCCS2)no1)C(C)C. The fourth-order valence-corrected chi connectivity index (χ4v) is 3.32. The number of hydrogen-bond donors (Lipinski definition) is 1. The Hall–Kier alpha value is -0.550. The fourth-order valence-electron chi connectivity index (χ4n) is 2.12. The van der Waals surface area contributed by atoms with Gasteiger partial charge in [0.15, 0.2) is 5.82 Å². The number of likely N-dealkylation sites (N-methyl/N-ethyl adjacent to an activating group) is 1. The lowest BCUT2D eigenvalue weighted by Gasteiger charge is -2.17. The van der Waals surface area contributed by atoms with Crippen molar-refractivity contribution in [1.82, 2.24) is 15.5 Å². The summed E-state index contributed by atoms with van der Waals surface area (Å²) in [6.45, 7) is 4.40. The average Bonchev–Trinajstić information content (AvgIpc) is 2.95. The van der Waals surface area contributed by atoms with Crippen LogP contribution in [0.1, 0.15) is 43.7 Å². The Kier molecular flexibility index (Phi) is 4.45. The second-order valence-electron chi connectivity index (χ2n) is 4.89. The zero-order valence-corrected chi connectivity index (χ0v) is 11.6. The van der Waals surface area contributed by atoms with Crippen molar-refractivity contribution >= 4 is 11.8 Å². The van der Waals surface area contributed by atoms with E-state index in [2.05, 4.69) is 29.3 Å². The van der Waals surface area contributed by atoms with Crippen molar-refractivity contribution in [3.05, 3.63) is 11.7 Å². The van der Waals surface area contributed by atoms with Crippen LogP contribution in [0, 0.1) is 5.92 Å². The minimum Gasteiger partial charge on any atom is -0.339 e. The molecule has 0 amide bonds. The van der Waals surface area contributed by atoms with E-state index in [1.54, 1.807) is 0 Å². The van der Waals surface area contributed by atoms with Gasteiger partial charge in [-0.05, 0) is 31.6 Å². The Morgan fingerprint density at radius 1 is 1.53 bits per heavy atom. The van der Waals surface area contributed by atoms with Crippen LogP contribution in [0.3, 0.4) is 0 Å². The second kappa shape index (κ2) is 5.87. The van der Waals surface area contributed by atoms with Crippen molar-refractivity contribution in [3.63, 3.8) is 0 Å². The molecule has 1 aliphatic heterocycles. The van der Waals surface area contributed by atoms with Crippen LogP contribution in [0.15, 0.2) is 4.52 Å². The lowest BCUT2D eigenvalue weighted by atomic mass is 10.0. The Morgan fingerprint density at radius 3 is 2.94 bits per heavy atom. The molecule has 4 nitrogen and oxygen atoms in total. The van der Waals surface area contributed by atoms with Crippen LogP contribution >= 0.6 is 11.8 Å². The highest BCUT2D eigenvalue weighted by molar-refractivity contribution is 7.99. The van der Waals surface area contributed by atoms with E-state index >= 15 is 0 Å². The minimum absolute atomic E-state index is 0.402. The average molecular weight is 255 g/mol. The molecule has 2 unspecified atom stereocenters. The molecule has 17 heavy (non-hydrogen) atoms. The Morgan fingerprint density at radius 2 is 2.35 bits per heavy atom. The largest absolute Gasteiger partial charge is 0.339 e. The number of thioether (sulfide) groups is 1. The van der Waals surface area contributed by atoms with E-state index in [4.69, 9.17) is 4.52 Å². The second-order valence-corrected chi connectivity index (χ2v) is 6.20. The maximum absolute atomic E-state index is 5.35. The third kappa shape index (κ3) is 3.22. The predicted molar refractivity (Wildman–Crippen MR) is 70.1 cm³/mol. The van der Waals surface area contributed by atoms with E-state index in [0.717, 1.165) is 18.1 Å². The van der Waals surface area contributed by atoms with Gasteiger partial charge in [0.1, 0.15) is 0 Å². The highest BCUT2D eigenvalue weighted by atomic mass is 32.2. The molecule has 1 saturated heterocycles. The highest BCUT2D eigenvalue weighted by Crippen LogP contribution is 2.38. The monoisotopic (exact) mass is 255 g/mol. The molecule has 1 N–H and O–H groups in total. The summed E-state index contributed by atoms with van der Waals surface area (Å²) in [4.78, 5) is 4.52. The molecule has 0 aromatic carbocycles. The smallest absolute Gasteiger partial charge is 0.228 e. The molecular weight excluding hydrogens is 234 g/mol. The van der Waals surface area contributed by atoms with E-state index in [9.17, 15) is 0 Å². The van der Waals surface area contributed by atoms with Gasteiger partial charge in [-0.2, -0.15) is 16.7 Å². The molecule has 0 radical (unpaired) electrons. The van der Waals surface area contributed by atoms with Crippen molar-refractivity contribution in [2.24, 2.45) is 5.92 Å². The molecule has 2 atom stereocenters. The summed E-state index contributed by atoms with van der Waals surface area (Å²) in [5.41, 5.74) is 0. The fraction of sp³-hybridized carbons (Fsp3) is 0.833. The molecule has 1 fully saturated rings. The van der Waals surface area contributed by atoms with Gasteiger partial charge in [0.25, 0.3) is 0 Å². The summed E-state index contributed by atoms with van der Waals surface area (Å²) in [5, 5.41) is 7.86. The summed E-state index contributed by atoms with van der Waals surface area (Å²) in [6.07, 6.45) is 3.27. The molecule has 0 saturated carbocycles. The molecule has 96 valence electrons. The topological polar surface area (TPSA) is 51.0 Å². The quantitative estimate of drug-likeness (QED) is 0.875. The van der Waals surface area contributed by atoms with Gasteiger partial charge in [-0.1, -0.05) is 19.0 Å². The Bertz CT molecular complexity index is 347. The van der Waals surface area contributed by atoms with Crippen LogP contribution in [-0.4, -0.2) is 29.0 Å². The molecule has 0 aliphatic carbocycles. The molecule has 1 aliphatic rings. The maximum atomic E-state index is 5.35. The van der Waals surface area contributed by atoms with E-state index < -0.39 is 0 Å². The normalized spacial score (nSPS) is 22.2. The van der Waals surface area contributed by atoms with E-state index in [0.29, 0.717) is 17.2 Å². The number of rotatable bonds is 5. The van der Waals surface area contributed by atoms with Crippen LogP contribution in [0.2, 0.25) is 0 Å². The van der Waals surface area contributed by atoms with Gasteiger partial charge in [-0.3, -0.25) is 0 Å². The summed E-state index contributed by atoms with van der Waals surface area (Å²) in [6, 6.07) is 0.402. The molecule has 5 heteroatoms. The zero-order chi connectivity index (χ0) is 12.3. The van der Waals surface area contributed by atoms with E-state index in [1.807, 2.05) is 18.8 Å². The number of nitrogens with one attached hydrogen (secondary N) is 1. The van der Waals surface area contributed by atoms with Gasteiger partial charge >= 0.3 is 0 Å². The standard InChI is InChI=1S/C12H21N3OS/c1-8(2)9(13-3)7-11-14-12(15-16-11)10-5-4-6-17-10/h8-10,13H,4-7H2,1-3H3. The Balaban J connectivity index is 1.97. The first-order valence-corrected chi connectivity index (χ1v) is 7.37. The van der Waals surface area contributed by atoms with Gasteiger partial charge in [0.2, 0.25) is 5.89 Å². The Labute approximate surface area is 107 Å². The van der Waals surface area contributed by atoms with Gasteiger partial charge < -0.3 is 9.84 Å². The first-order valence-electron chi connectivity index (χ1n) is 6.32. The first kappa shape index (κ1) is 12.9. The van der Waals surface area contributed by atoms with Crippen LogP contribution in [0.4, 0.5) is 0 Å². The maximum Gasteiger partial charge on any atom is 0.228 e. The van der Waals surface area contributed by atoms with E-state index in [1.165, 1.54) is 18.6 Å². The summed E-state index contributed by atoms with van der Waals surface area (Å²) in [5.74, 6) is 3.44. The molecule has 0 spiro atoms. The number of aromatic nitrogens is 2. The minimum atomic E-state index is 0.402. The third-order valence-electron chi connectivity index (χ3n) is 3.27. The summed E-state index contributed by atoms with van der Waals surface area (Å²) >= 11 is 1.94. The van der Waals surface area contributed by atoms with Crippen molar-refractivity contribution in [2.75, 3.05) is 12.8 Å². The molecule has 1 aromatic rings. The van der Waals surface area contributed by atoms with Crippen molar-refractivity contribution < 1.29 is 4.52 Å². The lowest BCUT2D eigenvalue weighted by molar-refractivity contribution is 0.333. The summed E-state index contributed by atoms with van der Waals surface area (Å²) in [7, 11) is 1.98. The van der Waals surface area contributed by atoms with E-state index in [-0.39, 0.29) is 0 Å². The van der Waals surface area contributed by atoms with Crippen molar-refractivity contribution in [1.29, 1.82) is 0 Å². The molecule has 2 heterocycles. The van der Waals surface area contributed by atoms with Gasteiger partial charge in [-0.15, -0.1) is 0 Å². The third-order valence-corrected chi connectivity index (χ3v) is 4.64. The molecule has 1 aromatic heterocycles. The lowest BCUT2D eigenvalue weighted by Crippen LogP contribution is -2.32. The predicted octanol–water partition coefficient (Wildman–Crippen LogP) is 2.42. The van der Waals surface area contributed by atoms with Crippen molar-refractivity contribution in [3.8, 4) is 0 Å².